The third-order valence-electron chi connectivity index (χ3n) is 3.50. The van der Waals surface area contributed by atoms with Crippen molar-refractivity contribution >= 4 is 28.6 Å². The fraction of sp³-hybridized carbons (Fsp3) is 0.267. The first-order valence-electron chi connectivity index (χ1n) is 6.91. The molecule has 1 N–H and O–H groups in total. The predicted octanol–water partition coefficient (Wildman–Crippen LogP) is 2.66. The lowest BCUT2D eigenvalue weighted by Gasteiger charge is -2.20. The molecule has 0 aliphatic carbocycles. The van der Waals surface area contributed by atoms with Gasteiger partial charge in [-0.2, -0.15) is 9.97 Å². The van der Waals surface area contributed by atoms with Crippen molar-refractivity contribution < 1.29 is 9.47 Å². The minimum absolute atomic E-state index is 0.160. The highest BCUT2D eigenvalue weighted by Crippen LogP contribution is 2.28. The highest BCUT2D eigenvalue weighted by atomic mass is 35.5. The van der Waals surface area contributed by atoms with E-state index in [0.717, 1.165) is 22.6 Å². The summed E-state index contributed by atoms with van der Waals surface area (Å²) in [5, 5.41) is 0.160. The molecule has 0 spiro atoms. The first kappa shape index (κ1) is 15.4. The van der Waals surface area contributed by atoms with Crippen LogP contribution in [-0.4, -0.2) is 41.2 Å². The van der Waals surface area contributed by atoms with Crippen LogP contribution >= 0.6 is 11.6 Å². The van der Waals surface area contributed by atoms with Gasteiger partial charge in [0, 0.05) is 25.2 Å². The van der Waals surface area contributed by atoms with Gasteiger partial charge in [0.25, 0.3) is 0 Å². The van der Waals surface area contributed by atoms with E-state index < -0.39 is 0 Å². The van der Waals surface area contributed by atoms with Crippen molar-refractivity contribution in [2.24, 2.45) is 0 Å². The molecule has 1 aromatic carbocycles. The number of methoxy groups -OCH3 is 2. The molecule has 23 heavy (non-hydrogen) atoms. The molecular weight excluding hydrogens is 318 g/mol. The Morgan fingerprint density at radius 1 is 1.22 bits per heavy atom. The van der Waals surface area contributed by atoms with E-state index in [1.165, 1.54) is 0 Å². The fourth-order valence-corrected chi connectivity index (χ4v) is 2.54. The van der Waals surface area contributed by atoms with Crippen LogP contribution in [0.4, 0.5) is 5.82 Å². The van der Waals surface area contributed by atoms with Gasteiger partial charge in [0.1, 0.15) is 17.0 Å². The molecule has 3 aromatic rings. The van der Waals surface area contributed by atoms with Gasteiger partial charge >= 0.3 is 0 Å². The van der Waals surface area contributed by atoms with Gasteiger partial charge in [0.15, 0.2) is 11.5 Å². The van der Waals surface area contributed by atoms with Gasteiger partial charge < -0.3 is 19.4 Å². The van der Waals surface area contributed by atoms with E-state index in [0.29, 0.717) is 18.0 Å². The lowest BCUT2D eigenvalue weighted by molar-refractivity contribution is 0.391. The maximum atomic E-state index is 5.98. The number of rotatable bonds is 5. The van der Waals surface area contributed by atoms with Gasteiger partial charge in [-0.1, -0.05) is 0 Å². The quantitative estimate of drug-likeness (QED) is 0.723. The standard InChI is InChI=1S/C15H16ClN5O2/c1-21(7-9-4-5-10(22-2)6-11(9)23-3)14-12-13(18-8-17-12)19-15(16)20-14/h4-6,8H,7H2,1-3H3,(H,17,18,19,20). The molecule has 0 saturated carbocycles. The Bertz CT molecular complexity index is 836. The van der Waals surface area contributed by atoms with Crippen LogP contribution in [0.3, 0.4) is 0 Å². The summed E-state index contributed by atoms with van der Waals surface area (Å²) in [6.45, 7) is 0.578. The highest BCUT2D eigenvalue weighted by Gasteiger charge is 2.15. The SMILES string of the molecule is COc1ccc(CN(C)c2nc(Cl)nc3nc[nH]c23)c(OC)c1. The van der Waals surface area contributed by atoms with Crippen LogP contribution in [-0.2, 0) is 6.54 Å². The first-order chi connectivity index (χ1) is 11.1. The van der Waals surface area contributed by atoms with Gasteiger partial charge in [0.05, 0.1) is 20.5 Å². The molecule has 0 amide bonds. The Kier molecular flexibility index (Phi) is 4.20. The molecule has 120 valence electrons. The zero-order chi connectivity index (χ0) is 16.4. The minimum Gasteiger partial charge on any atom is -0.497 e. The van der Waals surface area contributed by atoms with Crippen molar-refractivity contribution in [3.63, 3.8) is 0 Å². The predicted molar refractivity (Wildman–Crippen MR) is 88.3 cm³/mol. The molecule has 7 nitrogen and oxygen atoms in total. The number of hydrogen-bond acceptors (Lipinski definition) is 6. The third-order valence-corrected chi connectivity index (χ3v) is 3.67. The van der Waals surface area contributed by atoms with Crippen molar-refractivity contribution in [3.8, 4) is 11.5 Å². The largest absolute Gasteiger partial charge is 0.497 e. The molecule has 0 aliphatic heterocycles. The summed E-state index contributed by atoms with van der Waals surface area (Å²) in [6.07, 6.45) is 1.57. The van der Waals surface area contributed by atoms with E-state index >= 15 is 0 Å². The number of anilines is 1. The molecule has 0 radical (unpaired) electrons. The van der Waals surface area contributed by atoms with E-state index in [2.05, 4.69) is 19.9 Å². The Morgan fingerprint density at radius 3 is 2.78 bits per heavy atom. The second-order valence-electron chi connectivity index (χ2n) is 4.95. The van der Waals surface area contributed by atoms with Crippen LogP contribution in [0.25, 0.3) is 11.2 Å². The topological polar surface area (TPSA) is 76.2 Å². The summed E-state index contributed by atoms with van der Waals surface area (Å²) in [6, 6.07) is 5.70. The molecular formula is C15H16ClN5O2. The molecule has 0 unspecified atom stereocenters. The van der Waals surface area contributed by atoms with E-state index in [4.69, 9.17) is 21.1 Å². The first-order valence-corrected chi connectivity index (χ1v) is 7.29. The summed E-state index contributed by atoms with van der Waals surface area (Å²) < 4.78 is 10.7. The molecule has 0 aliphatic rings. The average molecular weight is 334 g/mol. The summed E-state index contributed by atoms with van der Waals surface area (Å²) >= 11 is 5.98. The number of H-pyrrole nitrogens is 1. The lowest BCUT2D eigenvalue weighted by atomic mass is 10.1. The van der Waals surface area contributed by atoms with Crippen molar-refractivity contribution in [1.29, 1.82) is 0 Å². The highest BCUT2D eigenvalue weighted by molar-refractivity contribution is 6.28. The number of fused-ring (bicyclic) bond motifs is 1. The average Bonchev–Trinajstić information content (AvgIpc) is 3.02. The Hall–Kier alpha value is -2.54. The minimum atomic E-state index is 0.160. The number of hydrogen-bond donors (Lipinski definition) is 1. The smallest absolute Gasteiger partial charge is 0.226 e. The van der Waals surface area contributed by atoms with Crippen LogP contribution < -0.4 is 14.4 Å². The second-order valence-corrected chi connectivity index (χ2v) is 5.29. The zero-order valence-electron chi connectivity index (χ0n) is 13.0. The van der Waals surface area contributed by atoms with E-state index in [-0.39, 0.29) is 5.28 Å². The summed E-state index contributed by atoms with van der Waals surface area (Å²) in [5.74, 6) is 2.17. The molecule has 0 fully saturated rings. The van der Waals surface area contributed by atoms with Crippen molar-refractivity contribution in [3.05, 3.63) is 35.4 Å². The van der Waals surface area contributed by atoms with Crippen LogP contribution in [0, 0.1) is 0 Å². The molecule has 0 bridgehead atoms. The van der Waals surface area contributed by atoms with E-state index in [1.54, 1.807) is 20.5 Å². The van der Waals surface area contributed by atoms with E-state index in [9.17, 15) is 0 Å². The number of halogens is 1. The maximum absolute atomic E-state index is 5.98. The number of aromatic amines is 1. The van der Waals surface area contributed by atoms with Crippen LogP contribution in [0.5, 0.6) is 11.5 Å². The maximum Gasteiger partial charge on any atom is 0.226 e. The molecule has 0 atom stereocenters. The molecule has 8 heteroatoms. The molecule has 2 aromatic heterocycles. The summed E-state index contributed by atoms with van der Waals surface area (Å²) in [5.41, 5.74) is 2.27. The van der Waals surface area contributed by atoms with Crippen molar-refractivity contribution in [2.75, 3.05) is 26.2 Å². The second kappa shape index (κ2) is 6.29. The van der Waals surface area contributed by atoms with Gasteiger partial charge in [-0.15, -0.1) is 0 Å². The van der Waals surface area contributed by atoms with Gasteiger partial charge in [-0.25, -0.2) is 4.98 Å². The molecule has 3 rings (SSSR count). The van der Waals surface area contributed by atoms with Crippen molar-refractivity contribution in [2.45, 2.75) is 6.54 Å². The Balaban J connectivity index is 1.94. The molecule has 2 heterocycles. The fourth-order valence-electron chi connectivity index (χ4n) is 2.38. The van der Waals surface area contributed by atoms with Gasteiger partial charge in [-0.3, -0.25) is 0 Å². The molecule has 0 saturated heterocycles. The van der Waals surface area contributed by atoms with Gasteiger partial charge in [-0.05, 0) is 23.7 Å². The monoisotopic (exact) mass is 333 g/mol. The van der Waals surface area contributed by atoms with Crippen LogP contribution in [0.1, 0.15) is 5.56 Å². The zero-order valence-corrected chi connectivity index (χ0v) is 13.8. The van der Waals surface area contributed by atoms with Crippen LogP contribution in [0.2, 0.25) is 5.28 Å². The number of ether oxygens (including phenoxy) is 2. The number of imidazole rings is 1. The Labute approximate surface area is 138 Å². The number of benzene rings is 1. The Morgan fingerprint density at radius 2 is 2.04 bits per heavy atom. The van der Waals surface area contributed by atoms with Crippen LogP contribution in [0.15, 0.2) is 24.5 Å². The number of aromatic nitrogens is 4. The summed E-state index contributed by atoms with van der Waals surface area (Å²) in [4.78, 5) is 17.5. The lowest BCUT2D eigenvalue weighted by Crippen LogP contribution is -2.19. The number of nitrogens with one attached hydrogen (secondary N) is 1. The normalized spacial score (nSPS) is 10.8. The summed E-state index contributed by atoms with van der Waals surface area (Å²) in [7, 11) is 5.17. The third kappa shape index (κ3) is 3.00. The van der Waals surface area contributed by atoms with E-state index in [1.807, 2.05) is 30.1 Å². The van der Waals surface area contributed by atoms with Crippen molar-refractivity contribution in [1.82, 2.24) is 19.9 Å². The number of nitrogens with zero attached hydrogens (tertiary/aromatic N) is 4. The van der Waals surface area contributed by atoms with Gasteiger partial charge in [0.2, 0.25) is 5.28 Å².